The average molecular weight is 443 g/mol. The van der Waals surface area contributed by atoms with E-state index in [-0.39, 0.29) is 5.82 Å². The Labute approximate surface area is 190 Å². The molecule has 3 atom stereocenters. The van der Waals surface area contributed by atoms with Crippen LogP contribution in [0.3, 0.4) is 0 Å². The summed E-state index contributed by atoms with van der Waals surface area (Å²) in [5.41, 5.74) is 2.52. The number of β-amino-alcohol motifs (C(OH)–C–C–N with tert-alkyl or cyclic N) is 1. The minimum atomic E-state index is -0.795. The van der Waals surface area contributed by atoms with E-state index in [0.717, 1.165) is 29.7 Å². The predicted molar refractivity (Wildman–Crippen MR) is 124 cm³/mol. The number of rotatable bonds is 6. The van der Waals surface area contributed by atoms with Gasteiger partial charge in [-0.2, -0.15) is 0 Å². The monoisotopic (exact) mass is 442 g/mol. The van der Waals surface area contributed by atoms with E-state index in [1.165, 1.54) is 6.07 Å². The Balaban J connectivity index is 1.73. The van der Waals surface area contributed by atoms with Crippen LogP contribution in [0, 0.1) is 11.7 Å². The van der Waals surface area contributed by atoms with Crippen LogP contribution in [-0.4, -0.2) is 46.9 Å². The van der Waals surface area contributed by atoms with Gasteiger partial charge in [0.1, 0.15) is 11.4 Å². The van der Waals surface area contributed by atoms with E-state index >= 15 is 0 Å². The highest BCUT2D eigenvalue weighted by Crippen LogP contribution is 2.23. The fraction of sp³-hybridized carbons (Fsp3) is 0.500. The molecule has 1 aliphatic heterocycles. The van der Waals surface area contributed by atoms with E-state index < -0.39 is 23.8 Å². The first-order chi connectivity index (χ1) is 15.1. The van der Waals surface area contributed by atoms with Crippen molar-refractivity contribution in [1.82, 2.24) is 10.2 Å². The molecule has 2 N–H and O–H groups in total. The molecule has 0 aromatic heterocycles. The number of benzene rings is 2. The minimum absolute atomic E-state index is 0.214. The normalized spacial score (nSPS) is 18.9. The van der Waals surface area contributed by atoms with Crippen molar-refractivity contribution >= 4 is 6.09 Å². The van der Waals surface area contributed by atoms with Crippen LogP contribution >= 0.6 is 0 Å². The summed E-state index contributed by atoms with van der Waals surface area (Å²) in [5.74, 6) is 0.116. The van der Waals surface area contributed by atoms with Gasteiger partial charge in [-0.25, -0.2) is 9.18 Å². The number of carbonyl (C=O) groups excluding carboxylic acids is 1. The lowest BCUT2D eigenvalue weighted by Crippen LogP contribution is -2.50. The van der Waals surface area contributed by atoms with Crippen molar-refractivity contribution in [2.75, 3.05) is 13.1 Å². The Morgan fingerprint density at radius 3 is 2.62 bits per heavy atom. The molecule has 2 aromatic rings. The zero-order chi connectivity index (χ0) is 23.3. The highest BCUT2D eigenvalue weighted by Gasteiger charge is 2.28. The van der Waals surface area contributed by atoms with Gasteiger partial charge in [-0.3, -0.25) is 4.90 Å². The lowest BCUT2D eigenvalue weighted by atomic mass is 9.99. The van der Waals surface area contributed by atoms with Gasteiger partial charge < -0.3 is 15.2 Å². The van der Waals surface area contributed by atoms with Crippen LogP contribution in [-0.2, 0) is 24.1 Å². The van der Waals surface area contributed by atoms with Gasteiger partial charge in [0.2, 0.25) is 0 Å². The Morgan fingerprint density at radius 1 is 1.22 bits per heavy atom. The molecule has 0 unspecified atom stereocenters. The summed E-state index contributed by atoms with van der Waals surface area (Å²) < 4.78 is 19.1. The zero-order valence-corrected chi connectivity index (χ0v) is 19.5. The first-order valence-corrected chi connectivity index (χ1v) is 11.3. The molecule has 1 heterocycles. The van der Waals surface area contributed by atoms with Crippen LogP contribution in [0.2, 0.25) is 0 Å². The van der Waals surface area contributed by atoms with Crippen LogP contribution in [0.25, 0.3) is 0 Å². The summed E-state index contributed by atoms with van der Waals surface area (Å²) in [5, 5.41) is 14.0. The topological polar surface area (TPSA) is 61.8 Å². The summed E-state index contributed by atoms with van der Waals surface area (Å²) in [6.07, 6.45) is -0.0325. The quantitative estimate of drug-likeness (QED) is 0.700. The highest BCUT2D eigenvalue weighted by molar-refractivity contribution is 5.68. The number of aliphatic hydroxyl groups is 1. The Morgan fingerprint density at radius 2 is 1.94 bits per heavy atom. The fourth-order valence-electron chi connectivity index (χ4n) is 4.27. The molecule has 0 fully saturated rings. The van der Waals surface area contributed by atoms with E-state index in [1.54, 1.807) is 6.07 Å². The van der Waals surface area contributed by atoms with Crippen LogP contribution < -0.4 is 5.32 Å². The molecule has 2 aromatic carbocycles. The third-order valence-electron chi connectivity index (χ3n) is 5.61. The van der Waals surface area contributed by atoms with Gasteiger partial charge in [0.05, 0.1) is 12.1 Å². The van der Waals surface area contributed by atoms with Gasteiger partial charge in [0, 0.05) is 19.6 Å². The molecule has 32 heavy (non-hydrogen) atoms. The zero-order valence-electron chi connectivity index (χ0n) is 19.5. The lowest BCUT2D eigenvalue weighted by Gasteiger charge is -2.31. The number of hydrogen-bond donors (Lipinski definition) is 2. The number of fused-ring (bicyclic) bond motifs is 1. The van der Waals surface area contributed by atoms with Gasteiger partial charge in [-0.05, 0) is 68.4 Å². The predicted octanol–water partition coefficient (Wildman–Crippen LogP) is 4.32. The second-order valence-corrected chi connectivity index (χ2v) is 9.93. The molecule has 0 spiro atoms. The third kappa shape index (κ3) is 7.31. The lowest BCUT2D eigenvalue weighted by molar-refractivity contribution is 0.0350. The number of aliphatic hydroxyl groups excluding tert-OH is 1. The van der Waals surface area contributed by atoms with Crippen molar-refractivity contribution < 1.29 is 19.0 Å². The van der Waals surface area contributed by atoms with Crippen LogP contribution in [0.1, 0.15) is 44.4 Å². The Hall–Kier alpha value is -2.44. The third-order valence-corrected chi connectivity index (χ3v) is 5.61. The maximum absolute atomic E-state index is 13.7. The summed E-state index contributed by atoms with van der Waals surface area (Å²) in [6, 6.07) is 14.2. The molecule has 0 saturated carbocycles. The van der Waals surface area contributed by atoms with Gasteiger partial charge in [-0.15, -0.1) is 0 Å². The molecule has 0 bridgehead atoms. The second-order valence-electron chi connectivity index (χ2n) is 9.93. The SMILES string of the molecule is C[C@H]1Cc2cc(F)ccc2CN(C[C@@H](O)[C@H](Cc2ccccc2)NC(=O)OC(C)(C)C)C1. The van der Waals surface area contributed by atoms with Crippen LogP contribution in [0.4, 0.5) is 9.18 Å². The van der Waals surface area contributed by atoms with Gasteiger partial charge in [0.15, 0.2) is 0 Å². The first kappa shape index (κ1) is 24.2. The number of nitrogens with zero attached hydrogens (tertiary/aromatic N) is 1. The van der Waals surface area contributed by atoms with E-state index in [4.69, 9.17) is 4.74 Å². The molecular weight excluding hydrogens is 407 g/mol. The molecule has 0 radical (unpaired) electrons. The van der Waals surface area contributed by atoms with Crippen LogP contribution in [0.5, 0.6) is 0 Å². The molecule has 0 aliphatic carbocycles. The van der Waals surface area contributed by atoms with Crippen molar-refractivity contribution in [3.8, 4) is 0 Å². The Bertz CT molecular complexity index is 898. The largest absolute Gasteiger partial charge is 0.444 e. The highest BCUT2D eigenvalue weighted by atomic mass is 19.1. The van der Waals surface area contributed by atoms with Gasteiger partial charge in [0.25, 0.3) is 0 Å². The average Bonchev–Trinajstić information content (AvgIpc) is 2.83. The fourth-order valence-corrected chi connectivity index (χ4v) is 4.27. The van der Waals surface area contributed by atoms with E-state index in [0.29, 0.717) is 25.4 Å². The maximum atomic E-state index is 13.7. The summed E-state index contributed by atoms with van der Waals surface area (Å²) in [4.78, 5) is 14.7. The summed E-state index contributed by atoms with van der Waals surface area (Å²) in [7, 11) is 0. The number of nitrogens with one attached hydrogen (secondary N) is 1. The first-order valence-electron chi connectivity index (χ1n) is 11.3. The smallest absolute Gasteiger partial charge is 0.407 e. The number of ether oxygens (including phenoxy) is 1. The molecule has 0 saturated heterocycles. The van der Waals surface area contributed by atoms with Crippen molar-refractivity contribution in [3.05, 3.63) is 71.0 Å². The van der Waals surface area contributed by atoms with Crippen molar-refractivity contribution in [2.45, 2.75) is 64.8 Å². The molecule has 1 amide bonds. The molecule has 6 heteroatoms. The number of halogens is 1. The van der Waals surface area contributed by atoms with Crippen LogP contribution in [0.15, 0.2) is 48.5 Å². The maximum Gasteiger partial charge on any atom is 0.407 e. The summed E-state index contributed by atoms with van der Waals surface area (Å²) in [6.45, 7) is 9.41. The molecule has 1 aliphatic rings. The van der Waals surface area contributed by atoms with Crippen molar-refractivity contribution in [1.29, 1.82) is 0 Å². The second kappa shape index (κ2) is 10.5. The molecule has 174 valence electrons. The molecule has 5 nitrogen and oxygen atoms in total. The standard InChI is InChI=1S/C26H35FN2O3/c1-18-12-21-14-22(27)11-10-20(21)16-29(15-18)17-24(30)23(13-19-8-6-5-7-9-19)28-25(31)32-26(2,3)4/h5-11,14,18,23-24,30H,12-13,15-17H2,1-4H3,(H,28,31)/t18-,23-,24+/m0/s1. The Kier molecular flexibility index (Phi) is 7.91. The number of hydrogen-bond acceptors (Lipinski definition) is 4. The van der Waals surface area contributed by atoms with E-state index in [2.05, 4.69) is 17.1 Å². The van der Waals surface area contributed by atoms with E-state index in [9.17, 15) is 14.3 Å². The van der Waals surface area contributed by atoms with Gasteiger partial charge in [-0.1, -0.05) is 43.3 Å². The van der Waals surface area contributed by atoms with Crippen molar-refractivity contribution in [2.24, 2.45) is 5.92 Å². The molecule has 3 rings (SSSR count). The number of carbonyl (C=O) groups is 1. The number of alkyl carbamates (subject to hydrolysis) is 1. The number of amides is 1. The van der Waals surface area contributed by atoms with Gasteiger partial charge >= 0.3 is 6.09 Å². The summed E-state index contributed by atoms with van der Waals surface area (Å²) >= 11 is 0. The van der Waals surface area contributed by atoms with E-state index in [1.807, 2.05) is 57.2 Å². The van der Waals surface area contributed by atoms with Crippen molar-refractivity contribution in [3.63, 3.8) is 0 Å². The minimum Gasteiger partial charge on any atom is -0.444 e. The molecular formula is C26H35FN2O3.